The van der Waals surface area contributed by atoms with Crippen molar-refractivity contribution in [3.63, 3.8) is 0 Å². The molecule has 0 aliphatic heterocycles. The molecular weight excluding hydrogens is 482 g/mol. The van der Waals surface area contributed by atoms with Crippen LogP contribution in [0.1, 0.15) is 28.5 Å². The van der Waals surface area contributed by atoms with Gasteiger partial charge in [-0.3, -0.25) is 14.4 Å². The molecule has 0 unspecified atom stereocenters. The Morgan fingerprint density at radius 2 is 1.82 bits per heavy atom. The second kappa shape index (κ2) is 10.9. The van der Waals surface area contributed by atoms with Crippen molar-refractivity contribution in [2.45, 2.75) is 20.8 Å². The zero-order valence-corrected chi connectivity index (χ0v) is 22.6. The summed E-state index contributed by atoms with van der Waals surface area (Å²) in [4.78, 5) is 42.3. The maximum Gasteiger partial charge on any atom is 0.274 e. The van der Waals surface area contributed by atoms with Crippen molar-refractivity contribution >= 4 is 28.4 Å². The summed E-state index contributed by atoms with van der Waals surface area (Å²) in [6.07, 6.45) is 1.77. The molecule has 3 N–H and O–H groups in total. The van der Waals surface area contributed by atoms with Gasteiger partial charge in [-0.15, -0.1) is 0 Å². The minimum Gasteiger partial charge on any atom is -0.457 e. The van der Waals surface area contributed by atoms with Crippen LogP contribution in [0.4, 0.5) is 5.69 Å². The van der Waals surface area contributed by atoms with Crippen LogP contribution >= 0.6 is 0 Å². The molecule has 9 heteroatoms. The third kappa shape index (κ3) is 5.78. The van der Waals surface area contributed by atoms with E-state index in [1.165, 1.54) is 4.57 Å². The van der Waals surface area contributed by atoms with Gasteiger partial charge >= 0.3 is 0 Å². The molecule has 0 aliphatic rings. The number of hydrogen-bond donors (Lipinski definition) is 3. The first kappa shape index (κ1) is 26.7. The molecule has 0 spiro atoms. The minimum atomic E-state index is -0.266. The molecule has 0 fully saturated rings. The number of aromatic nitrogens is 2. The van der Waals surface area contributed by atoms with E-state index in [-0.39, 0.29) is 23.9 Å². The van der Waals surface area contributed by atoms with Crippen LogP contribution in [0.5, 0.6) is 11.5 Å². The molecule has 2 heterocycles. The van der Waals surface area contributed by atoms with E-state index in [0.29, 0.717) is 40.3 Å². The van der Waals surface area contributed by atoms with Crippen molar-refractivity contribution in [3.8, 4) is 22.6 Å². The highest BCUT2D eigenvalue weighted by atomic mass is 16.5. The number of amides is 2. The van der Waals surface area contributed by atoms with E-state index >= 15 is 0 Å². The van der Waals surface area contributed by atoms with Gasteiger partial charge in [-0.1, -0.05) is 12.1 Å². The van der Waals surface area contributed by atoms with E-state index in [9.17, 15) is 14.4 Å². The molecular formula is C29H33N5O4. The van der Waals surface area contributed by atoms with E-state index < -0.39 is 0 Å². The number of ether oxygens (including phenoxy) is 1. The second-order valence-electron chi connectivity index (χ2n) is 9.69. The quantitative estimate of drug-likeness (QED) is 0.326. The van der Waals surface area contributed by atoms with Gasteiger partial charge < -0.3 is 29.8 Å². The molecule has 0 aliphatic carbocycles. The molecule has 9 nitrogen and oxygen atoms in total. The van der Waals surface area contributed by atoms with Gasteiger partial charge in [-0.2, -0.15) is 0 Å². The molecule has 2 aromatic heterocycles. The number of hydrogen-bond acceptors (Lipinski definition) is 5. The maximum atomic E-state index is 12.8. The molecule has 0 bridgehead atoms. The number of likely N-dealkylation sites (N-methyl/N-ethyl adjacent to an activating group) is 1. The number of nitrogens with zero attached hydrogens (tertiary/aromatic N) is 2. The van der Waals surface area contributed by atoms with Crippen molar-refractivity contribution < 1.29 is 14.3 Å². The number of nitrogens with one attached hydrogen (secondary N) is 3. The Bertz CT molecular complexity index is 1580. The Hall–Kier alpha value is -4.37. The van der Waals surface area contributed by atoms with Crippen molar-refractivity contribution in [1.29, 1.82) is 0 Å². The zero-order chi connectivity index (χ0) is 27.6. The molecule has 0 atom stereocenters. The first-order valence-corrected chi connectivity index (χ1v) is 12.4. The van der Waals surface area contributed by atoms with Gasteiger partial charge in [0, 0.05) is 42.5 Å². The van der Waals surface area contributed by atoms with Gasteiger partial charge in [0.05, 0.1) is 6.54 Å². The fraction of sp³-hybridized carbons (Fsp3) is 0.276. The summed E-state index contributed by atoms with van der Waals surface area (Å²) in [5.74, 6) is 0.817. The number of aryl methyl sites for hydroxylation is 3. The van der Waals surface area contributed by atoms with Gasteiger partial charge in [0.15, 0.2) is 0 Å². The monoisotopic (exact) mass is 515 g/mol. The number of pyridine rings is 1. The molecule has 4 aromatic rings. The lowest BCUT2D eigenvalue weighted by Crippen LogP contribution is -2.27. The summed E-state index contributed by atoms with van der Waals surface area (Å²) >= 11 is 0. The van der Waals surface area contributed by atoms with Crippen LogP contribution in [0.2, 0.25) is 0 Å². The predicted molar refractivity (Wildman–Crippen MR) is 150 cm³/mol. The van der Waals surface area contributed by atoms with Crippen LogP contribution in [-0.4, -0.2) is 53.5 Å². The fourth-order valence-electron chi connectivity index (χ4n) is 4.32. The van der Waals surface area contributed by atoms with Gasteiger partial charge in [0.25, 0.3) is 11.5 Å². The Labute approximate surface area is 221 Å². The summed E-state index contributed by atoms with van der Waals surface area (Å²) in [6, 6.07) is 13.1. The number of carbonyl (C=O) groups is 2. The molecule has 4 rings (SSSR count). The largest absolute Gasteiger partial charge is 0.457 e. The third-order valence-corrected chi connectivity index (χ3v) is 6.09. The van der Waals surface area contributed by atoms with E-state index in [0.717, 1.165) is 22.3 Å². The van der Waals surface area contributed by atoms with Crippen LogP contribution in [0, 0.1) is 13.8 Å². The number of H-pyrrole nitrogens is 1. The van der Waals surface area contributed by atoms with E-state index in [1.807, 2.05) is 65.2 Å². The first-order chi connectivity index (χ1) is 18.0. The predicted octanol–water partition coefficient (Wildman–Crippen LogP) is 4.19. The highest BCUT2D eigenvalue weighted by Crippen LogP contribution is 2.34. The molecule has 0 saturated carbocycles. The SMILES string of the molecule is CCNC(=O)c1cc2c(-c3cc(C)cc(Oc4ccc(C)c(NC(=O)CN(C)C)c4)c3)cn(C)c(=O)c2[nH]1. The number of anilines is 1. The summed E-state index contributed by atoms with van der Waals surface area (Å²) in [7, 11) is 5.37. The van der Waals surface area contributed by atoms with Gasteiger partial charge in [-0.05, 0) is 75.8 Å². The normalized spacial score (nSPS) is 11.1. The lowest BCUT2D eigenvalue weighted by molar-refractivity contribution is -0.116. The highest BCUT2D eigenvalue weighted by Gasteiger charge is 2.17. The summed E-state index contributed by atoms with van der Waals surface area (Å²) < 4.78 is 7.72. The topological polar surface area (TPSA) is 108 Å². The smallest absolute Gasteiger partial charge is 0.274 e. The number of rotatable bonds is 8. The van der Waals surface area contributed by atoms with Crippen molar-refractivity contribution in [3.05, 3.63) is 75.8 Å². The lowest BCUT2D eigenvalue weighted by atomic mass is 10.0. The molecule has 0 radical (unpaired) electrons. The van der Waals surface area contributed by atoms with Crippen LogP contribution in [0.15, 0.2) is 53.5 Å². The number of carbonyl (C=O) groups excluding carboxylic acids is 2. The zero-order valence-electron chi connectivity index (χ0n) is 22.6. The van der Waals surface area contributed by atoms with Crippen molar-refractivity contribution in [2.24, 2.45) is 7.05 Å². The Morgan fingerprint density at radius 1 is 1.05 bits per heavy atom. The number of fused-ring (bicyclic) bond motifs is 1. The Balaban J connectivity index is 1.71. The highest BCUT2D eigenvalue weighted by molar-refractivity contribution is 6.02. The Kier molecular flexibility index (Phi) is 7.68. The fourth-order valence-corrected chi connectivity index (χ4v) is 4.32. The average molecular weight is 516 g/mol. The van der Waals surface area contributed by atoms with E-state index in [1.54, 1.807) is 30.3 Å². The Morgan fingerprint density at radius 3 is 2.53 bits per heavy atom. The second-order valence-corrected chi connectivity index (χ2v) is 9.69. The van der Waals surface area contributed by atoms with Crippen molar-refractivity contribution in [2.75, 3.05) is 32.5 Å². The summed E-state index contributed by atoms with van der Waals surface area (Å²) in [5, 5.41) is 6.36. The summed E-state index contributed by atoms with van der Waals surface area (Å²) in [6.45, 7) is 6.50. The van der Waals surface area contributed by atoms with Crippen LogP contribution in [-0.2, 0) is 11.8 Å². The first-order valence-electron chi connectivity index (χ1n) is 12.4. The van der Waals surface area contributed by atoms with Crippen LogP contribution < -0.4 is 20.9 Å². The number of benzene rings is 2. The van der Waals surface area contributed by atoms with Crippen LogP contribution in [0.25, 0.3) is 22.0 Å². The van der Waals surface area contributed by atoms with E-state index in [4.69, 9.17) is 4.74 Å². The average Bonchev–Trinajstić information content (AvgIpc) is 3.29. The van der Waals surface area contributed by atoms with Crippen molar-refractivity contribution in [1.82, 2.24) is 19.8 Å². The van der Waals surface area contributed by atoms with Crippen LogP contribution in [0.3, 0.4) is 0 Å². The molecule has 198 valence electrons. The number of aromatic amines is 1. The lowest BCUT2D eigenvalue weighted by Gasteiger charge is -2.15. The molecule has 2 aromatic carbocycles. The molecule has 2 amide bonds. The molecule has 38 heavy (non-hydrogen) atoms. The summed E-state index contributed by atoms with van der Waals surface area (Å²) in [5.41, 5.74) is 4.70. The van der Waals surface area contributed by atoms with Gasteiger partial charge in [0.1, 0.15) is 22.7 Å². The standard InChI is InChI=1S/C29H33N5O4/c1-7-30-28(36)25-14-22-23(15-34(6)29(37)27(22)32-25)19-10-17(2)11-21(12-19)38-20-9-8-18(3)24(13-20)31-26(35)16-33(4)5/h8-15,32H,7,16H2,1-6H3,(H,30,36)(H,31,35). The van der Waals surface area contributed by atoms with E-state index in [2.05, 4.69) is 15.6 Å². The third-order valence-electron chi connectivity index (χ3n) is 6.09. The maximum absolute atomic E-state index is 12.8. The molecule has 0 saturated heterocycles. The van der Waals surface area contributed by atoms with Gasteiger partial charge in [0.2, 0.25) is 5.91 Å². The van der Waals surface area contributed by atoms with Gasteiger partial charge in [-0.25, -0.2) is 0 Å². The minimum absolute atomic E-state index is 0.106.